The van der Waals surface area contributed by atoms with Crippen molar-refractivity contribution in [2.75, 3.05) is 19.5 Å². The van der Waals surface area contributed by atoms with Gasteiger partial charge in [-0.2, -0.15) is 5.10 Å². The Hall–Kier alpha value is -4.38. The molecule has 1 aliphatic heterocycles. The number of nitrogens with one attached hydrogen (secondary N) is 2. The molecule has 0 saturated carbocycles. The van der Waals surface area contributed by atoms with Crippen molar-refractivity contribution in [1.82, 2.24) is 30.4 Å². The summed E-state index contributed by atoms with van der Waals surface area (Å²) in [5.74, 6) is 0.443. The number of fused-ring (bicyclic) bond motifs is 1. The Morgan fingerprint density at radius 1 is 1.11 bits per heavy atom. The topological polar surface area (TPSA) is 120 Å². The Balaban J connectivity index is 1.49. The minimum Gasteiger partial charge on any atom is -0.497 e. The number of hydrogen-bond donors (Lipinski definition) is 2. The second-order valence-electron chi connectivity index (χ2n) is 8.01. The van der Waals surface area contributed by atoms with Gasteiger partial charge in [0.15, 0.2) is 5.65 Å². The van der Waals surface area contributed by atoms with Crippen LogP contribution >= 0.6 is 11.8 Å². The fraction of sp³-hybridized carbons (Fsp3) is 0.192. The van der Waals surface area contributed by atoms with E-state index in [-0.39, 0.29) is 12.4 Å². The van der Waals surface area contributed by atoms with Crippen LogP contribution in [0, 0.1) is 0 Å². The van der Waals surface area contributed by atoms with Gasteiger partial charge in [0.2, 0.25) is 0 Å². The van der Waals surface area contributed by atoms with E-state index in [2.05, 4.69) is 25.7 Å². The fourth-order valence-electron chi connectivity index (χ4n) is 4.06. The fourth-order valence-corrected chi connectivity index (χ4v) is 4.99. The second kappa shape index (κ2) is 10.7. The summed E-state index contributed by atoms with van der Waals surface area (Å²) in [6.07, 6.45) is 3.19. The maximum absolute atomic E-state index is 13.1. The third-order valence-electron chi connectivity index (χ3n) is 5.78. The highest BCUT2D eigenvalue weighted by Gasteiger charge is 2.34. The van der Waals surface area contributed by atoms with Crippen molar-refractivity contribution in [3.05, 3.63) is 84.0 Å². The molecule has 2 amide bonds. The number of nitrogens with zero attached hydrogens (tertiary/aromatic N) is 4. The standard InChI is InChI=1S/C26H24N6O4S/c1-3-36-25(33)21-20(30-26(34)31-22(21)16-9-11-18(35-2)12-10-16)14-37-24-19-13-29-32(23(19)27-15-28-24)17-7-5-4-6-8-17/h4-13,15,22H,3,14H2,1-2H3,(H2,30,31,34)/t22-/m0/s1. The SMILES string of the molecule is CCOC(=O)C1=C(CSc2ncnc3c2cnn3-c2ccccc2)NC(=O)N[C@H]1c1ccc(OC)cc1. The monoisotopic (exact) mass is 516 g/mol. The van der Waals surface area contributed by atoms with Crippen LogP contribution in [0.15, 0.2) is 83.4 Å². The third-order valence-corrected chi connectivity index (χ3v) is 6.81. The van der Waals surface area contributed by atoms with Gasteiger partial charge in [0, 0.05) is 11.4 Å². The number of carbonyl (C=O) groups excluding carboxylic acids is 2. The Kier molecular flexibility index (Phi) is 7.04. The molecule has 0 radical (unpaired) electrons. The van der Waals surface area contributed by atoms with Gasteiger partial charge in [-0.25, -0.2) is 24.2 Å². The summed E-state index contributed by atoms with van der Waals surface area (Å²) in [6.45, 7) is 1.95. The highest BCUT2D eigenvalue weighted by atomic mass is 32.2. The zero-order chi connectivity index (χ0) is 25.8. The number of methoxy groups -OCH3 is 1. The lowest BCUT2D eigenvalue weighted by molar-refractivity contribution is -0.139. The van der Waals surface area contributed by atoms with E-state index in [0.29, 0.717) is 27.7 Å². The van der Waals surface area contributed by atoms with Crippen LogP contribution in [0.2, 0.25) is 0 Å². The van der Waals surface area contributed by atoms with Crippen molar-refractivity contribution in [3.63, 3.8) is 0 Å². The molecular weight excluding hydrogens is 492 g/mol. The molecule has 188 valence electrons. The molecule has 0 bridgehead atoms. The first-order chi connectivity index (χ1) is 18.1. The van der Waals surface area contributed by atoms with Crippen molar-refractivity contribution in [3.8, 4) is 11.4 Å². The van der Waals surface area contributed by atoms with Crippen molar-refractivity contribution >= 4 is 34.8 Å². The highest BCUT2D eigenvalue weighted by Crippen LogP contribution is 2.33. The Bertz CT molecular complexity index is 1470. The van der Waals surface area contributed by atoms with Crippen molar-refractivity contribution in [1.29, 1.82) is 0 Å². The van der Waals surface area contributed by atoms with E-state index >= 15 is 0 Å². The summed E-state index contributed by atoms with van der Waals surface area (Å²) in [6, 6.07) is 15.8. The van der Waals surface area contributed by atoms with Crippen LogP contribution in [0.3, 0.4) is 0 Å². The first kappa shape index (κ1) is 24.3. The lowest BCUT2D eigenvalue weighted by Gasteiger charge is -2.29. The van der Waals surface area contributed by atoms with Crippen LogP contribution in [0.1, 0.15) is 18.5 Å². The number of aromatic nitrogens is 4. The Morgan fingerprint density at radius 2 is 1.89 bits per heavy atom. The molecule has 1 aliphatic rings. The zero-order valence-electron chi connectivity index (χ0n) is 20.2. The predicted molar refractivity (Wildman–Crippen MR) is 138 cm³/mol. The number of ether oxygens (including phenoxy) is 2. The summed E-state index contributed by atoms with van der Waals surface area (Å²) < 4.78 is 12.3. The number of thioether (sulfide) groups is 1. The molecule has 2 N–H and O–H groups in total. The first-order valence-corrected chi connectivity index (χ1v) is 12.6. The van der Waals surface area contributed by atoms with Crippen molar-refractivity contribution in [2.45, 2.75) is 18.0 Å². The number of carbonyl (C=O) groups is 2. The molecule has 3 heterocycles. The van der Waals surface area contributed by atoms with E-state index in [4.69, 9.17) is 9.47 Å². The van der Waals surface area contributed by atoms with E-state index in [0.717, 1.165) is 16.6 Å². The van der Waals surface area contributed by atoms with E-state index < -0.39 is 18.0 Å². The number of para-hydroxylation sites is 1. The van der Waals surface area contributed by atoms with Gasteiger partial charge in [-0.15, -0.1) is 0 Å². The molecular formula is C26H24N6O4S. The normalized spacial score (nSPS) is 15.3. The third kappa shape index (κ3) is 4.98. The Morgan fingerprint density at radius 3 is 2.62 bits per heavy atom. The number of amides is 2. The van der Waals surface area contributed by atoms with Crippen LogP contribution in [-0.4, -0.2) is 51.2 Å². The maximum atomic E-state index is 13.1. The van der Waals surface area contributed by atoms with E-state index in [1.165, 1.54) is 18.1 Å². The molecule has 37 heavy (non-hydrogen) atoms. The van der Waals surface area contributed by atoms with Crippen LogP contribution in [0.4, 0.5) is 4.79 Å². The van der Waals surface area contributed by atoms with Crippen LogP contribution in [-0.2, 0) is 9.53 Å². The summed E-state index contributed by atoms with van der Waals surface area (Å²) >= 11 is 1.38. The number of urea groups is 1. The molecule has 0 aliphatic carbocycles. The second-order valence-corrected chi connectivity index (χ2v) is 8.98. The Labute approximate surface area is 217 Å². The average Bonchev–Trinajstić information content (AvgIpc) is 3.37. The minimum atomic E-state index is -0.680. The van der Waals surface area contributed by atoms with E-state index in [1.54, 1.807) is 37.0 Å². The summed E-state index contributed by atoms with van der Waals surface area (Å²) in [5.41, 5.74) is 3.07. The van der Waals surface area contributed by atoms with Gasteiger partial charge in [0.05, 0.1) is 42.6 Å². The molecule has 5 rings (SSSR count). The van der Waals surface area contributed by atoms with Crippen LogP contribution in [0.25, 0.3) is 16.7 Å². The lowest BCUT2D eigenvalue weighted by atomic mass is 9.95. The number of esters is 1. The summed E-state index contributed by atoms with van der Waals surface area (Å²) in [5, 5.41) is 11.6. The molecule has 0 unspecified atom stereocenters. The smallest absolute Gasteiger partial charge is 0.338 e. The minimum absolute atomic E-state index is 0.206. The van der Waals surface area contributed by atoms with Gasteiger partial charge in [0.25, 0.3) is 0 Å². The van der Waals surface area contributed by atoms with Gasteiger partial charge >= 0.3 is 12.0 Å². The van der Waals surface area contributed by atoms with E-state index in [1.807, 2.05) is 42.5 Å². The molecule has 4 aromatic rings. The van der Waals surface area contributed by atoms with E-state index in [9.17, 15) is 9.59 Å². The van der Waals surface area contributed by atoms with Gasteiger partial charge in [0.1, 0.15) is 17.1 Å². The molecule has 0 saturated heterocycles. The molecule has 0 fully saturated rings. The molecule has 2 aromatic heterocycles. The summed E-state index contributed by atoms with van der Waals surface area (Å²) in [4.78, 5) is 34.5. The van der Waals surface area contributed by atoms with Gasteiger partial charge < -0.3 is 20.1 Å². The number of hydrogen-bond acceptors (Lipinski definition) is 8. The molecule has 0 spiro atoms. The van der Waals surface area contributed by atoms with Crippen molar-refractivity contribution < 1.29 is 19.1 Å². The largest absolute Gasteiger partial charge is 0.497 e. The number of rotatable bonds is 8. The molecule has 11 heteroatoms. The van der Waals surface area contributed by atoms with Crippen LogP contribution < -0.4 is 15.4 Å². The van der Waals surface area contributed by atoms with Gasteiger partial charge in [-0.1, -0.05) is 42.1 Å². The van der Waals surface area contributed by atoms with Crippen molar-refractivity contribution in [2.24, 2.45) is 0 Å². The average molecular weight is 517 g/mol. The number of benzene rings is 2. The van der Waals surface area contributed by atoms with Crippen LogP contribution in [0.5, 0.6) is 5.75 Å². The predicted octanol–water partition coefficient (Wildman–Crippen LogP) is 3.79. The quantitative estimate of drug-likeness (QED) is 0.206. The lowest BCUT2D eigenvalue weighted by Crippen LogP contribution is -2.46. The summed E-state index contributed by atoms with van der Waals surface area (Å²) in [7, 11) is 1.58. The first-order valence-electron chi connectivity index (χ1n) is 11.6. The zero-order valence-corrected chi connectivity index (χ0v) is 21.0. The van der Waals surface area contributed by atoms with Gasteiger partial charge in [-0.3, -0.25) is 0 Å². The molecule has 1 atom stereocenters. The maximum Gasteiger partial charge on any atom is 0.338 e. The molecule has 2 aromatic carbocycles. The van der Waals surface area contributed by atoms with Gasteiger partial charge in [-0.05, 0) is 36.8 Å². The highest BCUT2D eigenvalue weighted by molar-refractivity contribution is 7.99. The molecule has 10 nitrogen and oxygen atoms in total.